The zero-order valence-electron chi connectivity index (χ0n) is 8.87. The average Bonchev–Trinajstić information content (AvgIpc) is 2.60. The molecule has 4 nitrogen and oxygen atoms in total. The Morgan fingerprint density at radius 3 is 2.53 bits per heavy atom. The minimum absolute atomic E-state index is 0.116. The number of thioether (sulfide) groups is 1. The quantitative estimate of drug-likeness (QED) is 0.730. The van der Waals surface area contributed by atoms with Crippen molar-refractivity contribution in [1.82, 2.24) is 9.97 Å². The number of hydrogen-bond acceptors (Lipinski definition) is 3. The highest BCUT2D eigenvalue weighted by atomic mass is 32.2. The predicted octanol–water partition coefficient (Wildman–Crippen LogP) is 1.88. The Hall–Kier alpha value is -1.69. The number of halogens is 1. The molecule has 6 heteroatoms. The molecule has 0 saturated carbocycles. The van der Waals surface area contributed by atoms with Gasteiger partial charge < -0.3 is 10.1 Å². The number of imidazole rings is 1. The van der Waals surface area contributed by atoms with Crippen LogP contribution in [0.5, 0.6) is 5.88 Å². The molecule has 0 radical (unpaired) electrons. The van der Waals surface area contributed by atoms with E-state index in [1.54, 1.807) is 12.1 Å². The van der Waals surface area contributed by atoms with E-state index in [4.69, 9.17) is 0 Å². The van der Waals surface area contributed by atoms with Gasteiger partial charge in [0.25, 0.3) is 0 Å². The first kappa shape index (κ1) is 11.8. The summed E-state index contributed by atoms with van der Waals surface area (Å²) < 4.78 is 12.6. The Morgan fingerprint density at radius 1 is 1.24 bits per heavy atom. The lowest BCUT2D eigenvalue weighted by molar-refractivity contribution is 0.449. The van der Waals surface area contributed by atoms with Gasteiger partial charge >= 0.3 is 5.69 Å². The number of H-pyrrole nitrogens is 2. The van der Waals surface area contributed by atoms with Gasteiger partial charge in [0.1, 0.15) is 5.82 Å². The molecule has 0 aliphatic rings. The third kappa shape index (κ3) is 3.13. The Labute approximate surface area is 101 Å². The summed E-state index contributed by atoms with van der Waals surface area (Å²) in [5, 5.41) is 9.32. The number of nitrogens with one attached hydrogen (secondary N) is 2. The number of aryl methyl sites for hydroxylation is 1. The van der Waals surface area contributed by atoms with Crippen LogP contribution in [0.3, 0.4) is 0 Å². The Morgan fingerprint density at radius 2 is 1.94 bits per heavy atom. The third-order valence-corrected chi connectivity index (χ3v) is 3.23. The molecule has 3 N–H and O–H groups in total. The zero-order valence-corrected chi connectivity index (χ0v) is 9.68. The lowest BCUT2D eigenvalue weighted by atomic mass is 10.3. The maximum Gasteiger partial charge on any atom is 0.325 e. The molecule has 2 rings (SSSR count). The Balaban J connectivity index is 1.89. The van der Waals surface area contributed by atoms with Crippen LogP contribution in [-0.4, -0.2) is 20.8 Å². The molecule has 0 unspecified atom stereocenters. The molecule has 0 bridgehead atoms. The van der Waals surface area contributed by atoms with Crippen LogP contribution in [0.2, 0.25) is 0 Å². The van der Waals surface area contributed by atoms with Crippen molar-refractivity contribution in [3.05, 3.63) is 46.3 Å². The molecule has 0 aliphatic heterocycles. The topological polar surface area (TPSA) is 68.9 Å². The van der Waals surface area contributed by atoms with Crippen LogP contribution in [0.25, 0.3) is 0 Å². The number of aromatic nitrogens is 2. The van der Waals surface area contributed by atoms with Crippen molar-refractivity contribution in [3.8, 4) is 5.88 Å². The van der Waals surface area contributed by atoms with E-state index in [2.05, 4.69) is 9.97 Å². The van der Waals surface area contributed by atoms with Gasteiger partial charge in [0.15, 0.2) is 0 Å². The van der Waals surface area contributed by atoms with E-state index in [0.717, 1.165) is 4.90 Å². The summed E-state index contributed by atoms with van der Waals surface area (Å²) in [7, 11) is 0. The predicted molar refractivity (Wildman–Crippen MR) is 63.9 cm³/mol. The summed E-state index contributed by atoms with van der Waals surface area (Å²) in [6.07, 6.45) is 0.534. The molecule has 90 valence electrons. The Kier molecular flexibility index (Phi) is 3.53. The SMILES string of the molecule is O=c1[nH]c(O)c(CCSc2ccc(F)cc2)[nH]1. The first-order valence-electron chi connectivity index (χ1n) is 5.03. The number of aromatic amines is 2. The van der Waals surface area contributed by atoms with Gasteiger partial charge in [-0.25, -0.2) is 9.18 Å². The molecule has 1 aromatic heterocycles. The highest BCUT2D eigenvalue weighted by molar-refractivity contribution is 7.99. The summed E-state index contributed by atoms with van der Waals surface area (Å²) in [5.74, 6) is 0.309. The molecule has 0 aliphatic carbocycles. The minimum Gasteiger partial charge on any atom is -0.493 e. The van der Waals surface area contributed by atoms with E-state index >= 15 is 0 Å². The van der Waals surface area contributed by atoms with Gasteiger partial charge in [0.05, 0.1) is 5.69 Å². The van der Waals surface area contributed by atoms with Crippen molar-refractivity contribution in [2.75, 3.05) is 5.75 Å². The fourth-order valence-corrected chi connectivity index (χ4v) is 2.26. The molecule has 0 atom stereocenters. The van der Waals surface area contributed by atoms with Crippen molar-refractivity contribution >= 4 is 11.8 Å². The minimum atomic E-state index is -0.413. The van der Waals surface area contributed by atoms with Crippen molar-refractivity contribution in [2.24, 2.45) is 0 Å². The highest BCUT2D eigenvalue weighted by Crippen LogP contribution is 2.20. The summed E-state index contributed by atoms with van der Waals surface area (Å²) in [4.78, 5) is 16.6. The van der Waals surface area contributed by atoms with Crippen molar-refractivity contribution in [1.29, 1.82) is 0 Å². The molecule has 1 heterocycles. The van der Waals surface area contributed by atoms with Gasteiger partial charge in [-0.1, -0.05) is 0 Å². The van der Waals surface area contributed by atoms with Gasteiger partial charge in [-0.05, 0) is 24.3 Å². The number of hydrogen-bond donors (Lipinski definition) is 3. The van der Waals surface area contributed by atoms with Crippen LogP contribution in [-0.2, 0) is 6.42 Å². The smallest absolute Gasteiger partial charge is 0.325 e. The molecule has 0 saturated heterocycles. The second-order valence-corrected chi connectivity index (χ2v) is 4.63. The van der Waals surface area contributed by atoms with E-state index in [0.29, 0.717) is 17.9 Å². The maximum atomic E-state index is 12.6. The monoisotopic (exact) mass is 254 g/mol. The van der Waals surface area contributed by atoms with Crippen molar-refractivity contribution in [2.45, 2.75) is 11.3 Å². The second-order valence-electron chi connectivity index (χ2n) is 3.46. The lowest BCUT2D eigenvalue weighted by Crippen LogP contribution is -2.01. The van der Waals surface area contributed by atoms with Crippen LogP contribution in [0.4, 0.5) is 4.39 Å². The summed E-state index contributed by atoms with van der Waals surface area (Å²) in [6.45, 7) is 0. The molecular weight excluding hydrogens is 243 g/mol. The van der Waals surface area contributed by atoms with E-state index in [1.165, 1.54) is 23.9 Å². The normalized spacial score (nSPS) is 10.6. The Bertz CT molecular complexity index is 547. The first-order chi connectivity index (χ1) is 8.15. The van der Waals surface area contributed by atoms with Crippen molar-refractivity contribution in [3.63, 3.8) is 0 Å². The summed E-state index contributed by atoms with van der Waals surface area (Å²) in [6, 6.07) is 6.19. The second kappa shape index (κ2) is 5.09. The fraction of sp³-hybridized carbons (Fsp3) is 0.182. The van der Waals surface area contributed by atoms with Crippen LogP contribution < -0.4 is 5.69 Å². The lowest BCUT2D eigenvalue weighted by Gasteiger charge is -2.00. The third-order valence-electron chi connectivity index (χ3n) is 2.22. The standard InChI is InChI=1S/C11H11FN2O2S/c12-7-1-3-8(4-2-7)17-6-5-9-10(15)14-11(16)13-9/h1-4,15H,5-6H2,(H2,13,14,16). The van der Waals surface area contributed by atoms with E-state index in [1.807, 2.05) is 0 Å². The van der Waals surface area contributed by atoms with Crippen LogP contribution in [0.15, 0.2) is 34.0 Å². The van der Waals surface area contributed by atoms with Gasteiger partial charge in [-0.3, -0.25) is 4.98 Å². The molecular formula is C11H11FN2O2S. The number of aromatic hydroxyl groups is 1. The van der Waals surface area contributed by atoms with Crippen LogP contribution in [0.1, 0.15) is 5.69 Å². The molecule has 2 aromatic rings. The maximum absolute atomic E-state index is 12.6. The number of rotatable bonds is 4. The molecule has 0 spiro atoms. The first-order valence-corrected chi connectivity index (χ1v) is 6.02. The van der Waals surface area contributed by atoms with Gasteiger partial charge in [-0.15, -0.1) is 11.8 Å². The van der Waals surface area contributed by atoms with E-state index < -0.39 is 5.69 Å². The molecule has 0 fully saturated rings. The van der Waals surface area contributed by atoms with Crippen molar-refractivity contribution < 1.29 is 9.50 Å². The summed E-state index contributed by atoms with van der Waals surface area (Å²) >= 11 is 1.53. The summed E-state index contributed by atoms with van der Waals surface area (Å²) in [5.41, 5.74) is 0.0777. The highest BCUT2D eigenvalue weighted by Gasteiger charge is 2.05. The average molecular weight is 254 g/mol. The van der Waals surface area contributed by atoms with E-state index in [9.17, 15) is 14.3 Å². The van der Waals surface area contributed by atoms with Gasteiger partial charge in [0, 0.05) is 17.1 Å². The number of benzene rings is 1. The molecule has 0 amide bonds. The fourth-order valence-electron chi connectivity index (χ4n) is 1.39. The molecule has 17 heavy (non-hydrogen) atoms. The van der Waals surface area contributed by atoms with Crippen LogP contribution >= 0.6 is 11.8 Å². The van der Waals surface area contributed by atoms with Gasteiger partial charge in [-0.2, -0.15) is 0 Å². The molecule has 1 aromatic carbocycles. The van der Waals surface area contributed by atoms with Crippen LogP contribution in [0, 0.1) is 5.82 Å². The van der Waals surface area contributed by atoms with E-state index in [-0.39, 0.29) is 11.7 Å². The zero-order chi connectivity index (χ0) is 12.3. The van der Waals surface area contributed by atoms with Gasteiger partial charge in [0.2, 0.25) is 5.88 Å². The largest absolute Gasteiger partial charge is 0.493 e.